The van der Waals surface area contributed by atoms with Gasteiger partial charge in [-0.05, 0) is 51.4 Å². The molecule has 1 aromatic carbocycles. The van der Waals surface area contributed by atoms with Crippen LogP contribution in [0.1, 0.15) is 24.8 Å². The van der Waals surface area contributed by atoms with Gasteiger partial charge in [0, 0.05) is 12.2 Å². The monoisotopic (exact) mass is 236 g/mol. The van der Waals surface area contributed by atoms with E-state index in [9.17, 15) is 4.39 Å². The molecule has 3 heteroatoms. The Hall–Kier alpha value is -1.09. The molecule has 94 valence electrons. The van der Waals surface area contributed by atoms with E-state index in [4.69, 9.17) is 0 Å². The highest BCUT2D eigenvalue weighted by Gasteiger charge is 2.29. The van der Waals surface area contributed by atoms with Crippen LogP contribution in [0.5, 0.6) is 0 Å². The third kappa shape index (κ3) is 3.70. The van der Waals surface area contributed by atoms with Gasteiger partial charge in [0.15, 0.2) is 0 Å². The summed E-state index contributed by atoms with van der Waals surface area (Å²) in [5, 5.41) is 6.45. The summed E-state index contributed by atoms with van der Waals surface area (Å²) in [5.41, 5.74) is 1.17. The predicted molar refractivity (Wildman–Crippen MR) is 70.2 cm³/mol. The second-order valence-corrected chi connectivity index (χ2v) is 4.97. The number of alkyl halides is 1. The lowest BCUT2D eigenvalue weighted by atomic mass is 9.97. The first-order valence-corrected chi connectivity index (χ1v) is 6.38. The molecule has 2 N–H and O–H groups in total. The minimum absolute atomic E-state index is 0.414. The molecule has 1 aliphatic rings. The van der Waals surface area contributed by atoms with E-state index < -0.39 is 5.67 Å². The SMILES string of the molecule is Cc1ccc(NCC2(F)CCCNCC2)cc1. The second kappa shape index (κ2) is 5.50. The average molecular weight is 236 g/mol. The molecular formula is C14H21FN2. The summed E-state index contributed by atoms with van der Waals surface area (Å²) in [7, 11) is 0. The Balaban J connectivity index is 1.89. The first-order chi connectivity index (χ1) is 8.18. The molecule has 1 aliphatic heterocycles. The summed E-state index contributed by atoms with van der Waals surface area (Å²) in [6.07, 6.45) is 2.18. The molecule has 2 rings (SSSR count). The van der Waals surface area contributed by atoms with Crippen LogP contribution in [-0.2, 0) is 0 Å². The smallest absolute Gasteiger partial charge is 0.129 e. The van der Waals surface area contributed by atoms with Gasteiger partial charge in [-0.3, -0.25) is 0 Å². The number of benzene rings is 1. The zero-order chi connectivity index (χ0) is 12.1. The first-order valence-electron chi connectivity index (χ1n) is 6.38. The van der Waals surface area contributed by atoms with Gasteiger partial charge in [-0.25, -0.2) is 4.39 Å². The van der Waals surface area contributed by atoms with Crippen molar-refractivity contribution in [3.05, 3.63) is 29.8 Å². The summed E-state index contributed by atoms with van der Waals surface area (Å²) < 4.78 is 14.5. The highest BCUT2D eigenvalue weighted by Crippen LogP contribution is 2.25. The zero-order valence-electron chi connectivity index (χ0n) is 10.4. The Morgan fingerprint density at radius 3 is 2.76 bits per heavy atom. The van der Waals surface area contributed by atoms with E-state index in [1.54, 1.807) is 0 Å². The average Bonchev–Trinajstić information content (AvgIpc) is 2.54. The predicted octanol–water partition coefficient (Wildman–Crippen LogP) is 2.89. The Labute approximate surface area is 103 Å². The van der Waals surface area contributed by atoms with Crippen LogP contribution in [0.4, 0.5) is 10.1 Å². The molecule has 0 aliphatic carbocycles. The third-order valence-electron chi connectivity index (χ3n) is 3.39. The van der Waals surface area contributed by atoms with Crippen LogP contribution in [0, 0.1) is 6.92 Å². The number of nitrogens with one attached hydrogen (secondary N) is 2. The van der Waals surface area contributed by atoms with Gasteiger partial charge < -0.3 is 10.6 Å². The lowest BCUT2D eigenvalue weighted by molar-refractivity contribution is 0.161. The van der Waals surface area contributed by atoms with E-state index in [-0.39, 0.29) is 0 Å². The van der Waals surface area contributed by atoms with E-state index in [2.05, 4.69) is 17.6 Å². The van der Waals surface area contributed by atoms with Crippen molar-refractivity contribution >= 4 is 5.69 Å². The molecule has 1 fully saturated rings. The molecule has 0 radical (unpaired) electrons. The fraction of sp³-hybridized carbons (Fsp3) is 0.571. The Bertz CT molecular complexity index is 340. The van der Waals surface area contributed by atoms with Gasteiger partial charge in [0.25, 0.3) is 0 Å². The maximum atomic E-state index is 14.5. The number of anilines is 1. The topological polar surface area (TPSA) is 24.1 Å². The Morgan fingerprint density at radius 2 is 2.00 bits per heavy atom. The lowest BCUT2D eigenvalue weighted by Crippen LogP contribution is -2.33. The Morgan fingerprint density at radius 1 is 1.24 bits per heavy atom. The van der Waals surface area contributed by atoms with Gasteiger partial charge in [-0.2, -0.15) is 0 Å². The molecule has 0 saturated carbocycles. The maximum Gasteiger partial charge on any atom is 0.129 e. The van der Waals surface area contributed by atoms with E-state index in [0.29, 0.717) is 19.4 Å². The van der Waals surface area contributed by atoms with E-state index in [1.165, 1.54) is 5.56 Å². The fourth-order valence-corrected chi connectivity index (χ4v) is 2.20. The van der Waals surface area contributed by atoms with Crippen LogP contribution < -0.4 is 10.6 Å². The molecule has 1 heterocycles. The van der Waals surface area contributed by atoms with E-state index in [1.807, 2.05) is 24.3 Å². The molecule has 1 atom stereocenters. The number of halogens is 1. The van der Waals surface area contributed by atoms with Gasteiger partial charge in [0.2, 0.25) is 0 Å². The molecule has 1 saturated heterocycles. The van der Waals surface area contributed by atoms with Crippen LogP contribution >= 0.6 is 0 Å². The maximum absolute atomic E-state index is 14.5. The quantitative estimate of drug-likeness (QED) is 0.843. The lowest BCUT2D eigenvalue weighted by Gasteiger charge is -2.24. The van der Waals surface area contributed by atoms with Crippen molar-refractivity contribution in [1.82, 2.24) is 5.32 Å². The van der Waals surface area contributed by atoms with Crippen molar-refractivity contribution in [2.24, 2.45) is 0 Å². The molecular weight excluding hydrogens is 215 g/mol. The molecule has 2 nitrogen and oxygen atoms in total. The normalized spacial score (nSPS) is 25.3. The third-order valence-corrected chi connectivity index (χ3v) is 3.39. The molecule has 0 aromatic heterocycles. The van der Waals surface area contributed by atoms with Crippen molar-refractivity contribution < 1.29 is 4.39 Å². The molecule has 17 heavy (non-hydrogen) atoms. The Kier molecular flexibility index (Phi) is 4.00. The molecule has 1 unspecified atom stereocenters. The number of rotatable bonds is 3. The van der Waals surface area contributed by atoms with Crippen LogP contribution in [0.15, 0.2) is 24.3 Å². The van der Waals surface area contributed by atoms with Gasteiger partial charge in [0.05, 0.1) is 0 Å². The van der Waals surface area contributed by atoms with Gasteiger partial charge in [0.1, 0.15) is 5.67 Å². The van der Waals surface area contributed by atoms with Crippen LogP contribution in [0.2, 0.25) is 0 Å². The van der Waals surface area contributed by atoms with E-state index >= 15 is 0 Å². The zero-order valence-corrected chi connectivity index (χ0v) is 10.4. The van der Waals surface area contributed by atoms with Crippen molar-refractivity contribution in [3.63, 3.8) is 0 Å². The van der Waals surface area contributed by atoms with Crippen molar-refractivity contribution in [3.8, 4) is 0 Å². The fourth-order valence-electron chi connectivity index (χ4n) is 2.20. The summed E-state index contributed by atoms with van der Waals surface area (Å²) in [6, 6.07) is 8.10. The summed E-state index contributed by atoms with van der Waals surface area (Å²) in [6.45, 7) is 4.19. The van der Waals surface area contributed by atoms with Crippen LogP contribution in [0.3, 0.4) is 0 Å². The molecule has 0 amide bonds. The van der Waals surface area contributed by atoms with Crippen LogP contribution in [0.25, 0.3) is 0 Å². The number of hydrogen-bond acceptors (Lipinski definition) is 2. The highest BCUT2D eigenvalue weighted by molar-refractivity contribution is 5.44. The number of aryl methyl sites for hydroxylation is 1. The van der Waals surface area contributed by atoms with Crippen molar-refractivity contribution in [2.45, 2.75) is 31.9 Å². The minimum Gasteiger partial charge on any atom is -0.382 e. The molecule has 1 aromatic rings. The van der Waals surface area contributed by atoms with E-state index in [0.717, 1.165) is 25.2 Å². The van der Waals surface area contributed by atoms with Gasteiger partial charge in [-0.1, -0.05) is 17.7 Å². The minimum atomic E-state index is -1.06. The standard InChI is InChI=1S/C14H21FN2/c1-12-3-5-13(6-4-12)17-11-14(15)7-2-9-16-10-8-14/h3-6,16-17H,2,7-11H2,1H3. The van der Waals surface area contributed by atoms with Crippen molar-refractivity contribution in [2.75, 3.05) is 25.0 Å². The van der Waals surface area contributed by atoms with Crippen molar-refractivity contribution in [1.29, 1.82) is 0 Å². The summed E-state index contributed by atoms with van der Waals surface area (Å²) in [5.74, 6) is 0. The van der Waals surface area contributed by atoms with Gasteiger partial charge in [-0.15, -0.1) is 0 Å². The highest BCUT2D eigenvalue weighted by atomic mass is 19.1. The summed E-state index contributed by atoms with van der Waals surface area (Å²) >= 11 is 0. The first kappa shape index (κ1) is 12.4. The number of hydrogen-bond donors (Lipinski definition) is 2. The second-order valence-electron chi connectivity index (χ2n) is 4.97. The largest absolute Gasteiger partial charge is 0.382 e. The molecule has 0 spiro atoms. The molecule has 0 bridgehead atoms. The summed E-state index contributed by atoms with van der Waals surface area (Å²) in [4.78, 5) is 0. The van der Waals surface area contributed by atoms with Gasteiger partial charge >= 0.3 is 0 Å². The van der Waals surface area contributed by atoms with Crippen LogP contribution in [-0.4, -0.2) is 25.3 Å².